The number of ether oxygens (including phenoxy) is 1. The fourth-order valence-corrected chi connectivity index (χ4v) is 2.01. The van der Waals surface area contributed by atoms with Crippen molar-refractivity contribution >= 4 is 0 Å². The highest BCUT2D eigenvalue weighted by atomic mass is 19.1. The molecule has 0 amide bonds. The van der Waals surface area contributed by atoms with Crippen molar-refractivity contribution in [2.24, 2.45) is 0 Å². The van der Waals surface area contributed by atoms with E-state index in [1.807, 2.05) is 4.98 Å². The molecule has 1 aliphatic heterocycles. The molecule has 106 valence electrons. The molecular formula is C10H13FN2O6. The number of nitrogens with one attached hydrogen (secondary N) is 1. The minimum absolute atomic E-state index is 0.668. The Morgan fingerprint density at radius 2 is 2.16 bits per heavy atom. The molecule has 3 unspecified atom stereocenters. The maximum atomic E-state index is 14.4. The average Bonchev–Trinajstić information content (AvgIpc) is 2.52. The lowest BCUT2D eigenvalue weighted by atomic mass is 9.98. The minimum Gasteiger partial charge on any atom is -0.387 e. The van der Waals surface area contributed by atoms with Crippen LogP contribution in [0.1, 0.15) is 13.2 Å². The molecule has 4 N–H and O–H groups in total. The summed E-state index contributed by atoms with van der Waals surface area (Å²) in [5, 5.41) is 27.6. The summed E-state index contributed by atoms with van der Waals surface area (Å²) in [7, 11) is 0. The van der Waals surface area contributed by atoms with Crippen molar-refractivity contribution < 1.29 is 24.4 Å². The summed E-state index contributed by atoms with van der Waals surface area (Å²) in [5.74, 6) is 0. The van der Waals surface area contributed by atoms with Crippen molar-refractivity contribution in [3.05, 3.63) is 33.1 Å². The summed E-state index contributed by atoms with van der Waals surface area (Å²) < 4.78 is 20.1. The van der Waals surface area contributed by atoms with Gasteiger partial charge < -0.3 is 20.1 Å². The number of aromatic amines is 1. The molecule has 0 radical (unpaired) electrons. The Balaban J connectivity index is 2.45. The number of halogens is 1. The summed E-state index contributed by atoms with van der Waals surface area (Å²) in [6, 6.07) is 0.982. The number of rotatable bonds is 2. The minimum atomic E-state index is -2.43. The van der Waals surface area contributed by atoms with E-state index in [2.05, 4.69) is 0 Å². The average molecular weight is 276 g/mol. The molecule has 2 heterocycles. The van der Waals surface area contributed by atoms with E-state index < -0.39 is 41.6 Å². The first-order valence-corrected chi connectivity index (χ1v) is 5.45. The molecule has 1 aromatic rings. The monoisotopic (exact) mass is 276 g/mol. The summed E-state index contributed by atoms with van der Waals surface area (Å²) in [5.41, 5.74) is -4.03. The SMILES string of the molecule is CC1(F)C(O)[C@@H](C(O)O)OC1n1ccc(=O)[nH]c1=O. The van der Waals surface area contributed by atoms with Gasteiger partial charge in [0.2, 0.25) is 0 Å². The van der Waals surface area contributed by atoms with Crippen LogP contribution in [-0.4, -0.2) is 49.0 Å². The van der Waals surface area contributed by atoms with Crippen molar-refractivity contribution in [3.8, 4) is 0 Å². The van der Waals surface area contributed by atoms with E-state index in [9.17, 15) is 19.1 Å². The number of hydrogen-bond donors (Lipinski definition) is 4. The van der Waals surface area contributed by atoms with Crippen molar-refractivity contribution in [1.82, 2.24) is 9.55 Å². The highest BCUT2D eigenvalue weighted by Gasteiger charge is 2.57. The zero-order valence-electron chi connectivity index (χ0n) is 9.86. The van der Waals surface area contributed by atoms with E-state index in [0.29, 0.717) is 0 Å². The van der Waals surface area contributed by atoms with Gasteiger partial charge >= 0.3 is 5.69 Å². The molecule has 9 heteroatoms. The van der Waals surface area contributed by atoms with Crippen LogP contribution in [0, 0.1) is 0 Å². The number of nitrogens with zero attached hydrogens (tertiary/aromatic N) is 1. The van der Waals surface area contributed by atoms with Crippen molar-refractivity contribution in [3.63, 3.8) is 0 Å². The van der Waals surface area contributed by atoms with Gasteiger partial charge in [-0.1, -0.05) is 0 Å². The van der Waals surface area contributed by atoms with Crippen LogP contribution in [0.5, 0.6) is 0 Å². The Bertz CT molecular complexity index is 580. The van der Waals surface area contributed by atoms with Gasteiger partial charge in [-0.25, -0.2) is 9.18 Å². The Labute approximate surface area is 105 Å². The Morgan fingerprint density at radius 1 is 1.53 bits per heavy atom. The molecular weight excluding hydrogens is 263 g/mol. The van der Waals surface area contributed by atoms with E-state index >= 15 is 0 Å². The molecule has 1 fully saturated rings. The molecule has 0 saturated carbocycles. The summed E-state index contributed by atoms with van der Waals surface area (Å²) in [6.45, 7) is 0.961. The highest BCUT2D eigenvalue weighted by Crippen LogP contribution is 2.41. The molecule has 1 aromatic heterocycles. The topological polar surface area (TPSA) is 125 Å². The third-order valence-corrected chi connectivity index (χ3v) is 3.06. The molecule has 4 atom stereocenters. The van der Waals surface area contributed by atoms with Crippen molar-refractivity contribution in [2.45, 2.75) is 37.3 Å². The smallest absolute Gasteiger partial charge is 0.330 e. The van der Waals surface area contributed by atoms with Crippen LogP contribution >= 0.6 is 0 Å². The van der Waals surface area contributed by atoms with Crippen LogP contribution in [0.3, 0.4) is 0 Å². The van der Waals surface area contributed by atoms with Crippen LogP contribution in [0.25, 0.3) is 0 Å². The largest absolute Gasteiger partial charge is 0.387 e. The lowest BCUT2D eigenvalue weighted by Gasteiger charge is -2.24. The highest BCUT2D eigenvalue weighted by molar-refractivity contribution is 5.01. The summed E-state index contributed by atoms with van der Waals surface area (Å²) in [4.78, 5) is 24.4. The fraction of sp³-hybridized carbons (Fsp3) is 0.600. The first-order valence-electron chi connectivity index (χ1n) is 5.45. The quantitative estimate of drug-likeness (QED) is 0.456. The Hall–Kier alpha value is -1.55. The Morgan fingerprint density at radius 3 is 2.63 bits per heavy atom. The van der Waals surface area contributed by atoms with Gasteiger partial charge in [0.15, 0.2) is 18.2 Å². The lowest BCUT2D eigenvalue weighted by molar-refractivity contribution is -0.168. The zero-order chi connectivity index (χ0) is 14.4. The predicted octanol–water partition coefficient (Wildman–Crippen LogP) is -2.17. The maximum absolute atomic E-state index is 14.4. The van der Waals surface area contributed by atoms with Gasteiger partial charge in [-0.2, -0.15) is 0 Å². The normalized spacial score (nSPS) is 34.9. The number of H-pyrrole nitrogens is 1. The van der Waals surface area contributed by atoms with Gasteiger partial charge in [-0.3, -0.25) is 14.3 Å². The zero-order valence-corrected chi connectivity index (χ0v) is 9.86. The third kappa shape index (κ3) is 2.21. The van der Waals surface area contributed by atoms with Gasteiger partial charge in [0.05, 0.1) is 0 Å². The van der Waals surface area contributed by atoms with Crippen LogP contribution in [0.2, 0.25) is 0 Å². The molecule has 1 aliphatic rings. The Kier molecular flexibility index (Phi) is 3.31. The van der Waals surface area contributed by atoms with Crippen molar-refractivity contribution in [1.29, 1.82) is 0 Å². The van der Waals surface area contributed by atoms with Crippen LogP contribution in [-0.2, 0) is 4.74 Å². The second kappa shape index (κ2) is 4.53. The molecule has 0 bridgehead atoms. The van der Waals surface area contributed by atoms with E-state index in [4.69, 9.17) is 14.9 Å². The first kappa shape index (κ1) is 13.9. The van der Waals surface area contributed by atoms with E-state index in [1.165, 1.54) is 0 Å². The molecule has 8 nitrogen and oxygen atoms in total. The van der Waals surface area contributed by atoms with E-state index in [1.54, 1.807) is 0 Å². The number of aliphatic hydroxyl groups is 3. The molecule has 1 saturated heterocycles. The van der Waals surface area contributed by atoms with Gasteiger partial charge in [0.1, 0.15) is 12.2 Å². The summed E-state index contributed by atoms with van der Waals surface area (Å²) >= 11 is 0. The van der Waals surface area contributed by atoms with Crippen LogP contribution in [0.4, 0.5) is 4.39 Å². The number of aromatic nitrogens is 2. The van der Waals surface area contributed by atoms with Gasteiger partial charge in [-0.05, 0) is 6.92 Å². The van der Waals surface area contributed by atoms with Crippen molar-refractivity contribution in [2.75, 3.05) is 0 Å². The van der Waals surface area contributed by atoms with E-state index in [0.717, 1.165) is 23.8 Å². The molecule has 19 heavy (non-hydrogen) atoms. The predicted molar refractivity (Wildman–Crippen MR) is 59.0 cm³/mol. The van der Waals surface area contributed by atoms with Crippen LogP contribution < -0.4 is 11.2 Å². The maximum Gasteiger partial charge on any atom is 0.330 e. The number of hydrogen-bond acceptors (Lipinski definition) is 6. The first-order chi connectivity index (χ1) is 8.75. The van der Waals surface area contributed by atoms with Gasteiger partial charge in [-0.15, -0.1) is 0 Å². The number of alkyl halides is 1. The van der Waals surface area contributed by atoms with Crippen LogP contribution in [0.15, 0.2) is 21.9 Å². The lowest BCUT2D eigenvalue weighted by Crippen LogP contribution is -2.45. The third-order valence-electron chi connectivity index (χ3n) is 3.06. The fourth-order valence-electron chi connectivity index (χ4n) is 2.01. The van der Waals surface area contributed by atoms with E-state index in [-0.39, 0.29) is 0 Å². The summed E-state index contributed by atoms with van der Waals surface area (Å²) in [6.07, 6.45) is -6.12. The molecule has 2 rings (SSSR count). The number of aliphatic hydroxyl groups excluding tert-OH is 2. The molecule has 0 spiro atoms. The standard InChI is InChI=1S/C10H13FN2O6/c1-10(11)6(15)5(7(16)17)19-8(10)13-3-2-4(14)12-9(13)18/h2-3,5-8,15-17H,1H3,(H,12,14,18)/t5-,6?,8?,10?/m0/s1. The van der Waals surface area contributed by atoms with Gasteiger partial charge in [0.25, 0.3) is 5.56 Å². The second-order valence-corrected chi connectivity index (χ2v) is 4.48. The molecule has 0 aromatic carbocycles. The van der Waals surface area contributed by atoms with Gasteiger partial charge in [0, 0.05) is 12.3 Å². The second-order valence-electron chi connectivity index (χ2n) is 4.48. The molecule has 0 aliphatic carbocycles.